The maximum absolute atomic E-state index is 12.2. The van der Waals surface area contributed by atoms with E-state index in [-0.39, 0.29) is 22.8 Å². The molecule has 2 aromatic rings. The molecule has 0 spiro atoms. The topological polar surface area (TPSA) is 210 Å². The number of nitrogens with zero attached hydrogens (tertiary/aromatic N) is 3. The Bertz CT molecular complexity index is 2560. The van der Waals surface area contributed by atoms with Crippen molar-refractivity contribution in [2.24, 2.45) is 5.92 Å². The third kappa shape index (κ3) is 9.36. The van der Waals surface area contributed by atoms with Gasteiger partial charge >= 0.3 is 5.97 Å². The van der Waals surface area contributed by atoms with E-state index in [1.807, 2.05) is 44.7 Å². The number of unbranched alkanes of at least 4 members (excludes halogenated alkanes) is 1. The van der Waals surface area contributed by atoms with E-state index in [9.17, 15) is 48.8 Å². The number of anilines is 2. The van der Waals surface area contributed by atoms with Crippen LogP contribution in [0.4, 0.5) is 11.4 Å². The molecule has 0 atom stereocenters. The van der Waals surface area contributed by atoms with Gasteiger partial charge in [0, 0.05) is 70.7 Å². The first-order chi connectivity index (χ1) is 27.9. The lowest BCUT2D eigenvalue weighted by molar-refractivity contribution is -0.539. The van der Waals surface area contributed by atoms with Gasteiger partial charge in [-0.2, -0.15) is 25.3 Å². The second kappa shape index (κ2) is 17.0. The second-order valence-electron chi connectivity index (χ2n) is 17.1. The van der Waals surface area contributed by atoms with Crippen LogP contribution in [0.25, 0.3) is 0 Å². The fourth-order valence-electron chi connectivity index (χ4n) is 9.19. The van der Waals surface area contributed by atoms with Gasteiger partial charge in [0.25, 0.3) is 30.4 Å². The second-order valence-corrected chi connectivity index (χ2v) is 21.6. The number of aliphatic carboxylic acids is 1. The van der Waals surface area contributed by atoms with Gasteiger partial charge in [-0.15, -0.1) is 0 Å². The summed E-state index contributed by atoms with van der Waals surface area (Å²) in [6.07, 6.45) is 13.4. The fourth-order valence-corrected chi connectivity index (χ4v) is 10.7. The zero-order valence-electron chi connectivity index (χ0n) is 34.8. The largest absolute Gasteiger partial charge is 0.481 e. The van der Waals surface area contributed by atoms with Gasteiger partial charge in [0.2, 0.25) is 5.71 Å². The van der Waals surface area contributed by atoms with Crippen molar-refractivity contribution in [2.75, 3.05) is 41.7 Å². The summed E-state index contributed by atoms with van der Waals surface area (Å²) in [5.74, 6) is -1.73. The summed E-state index contributed by atoms with van der Waals surface area (Å²) < 4.78 is 104. The van der Waals surface area contributed by atoms with Crippen LogP contribution in [0, 0.1) is 5.92 Å². The Morgan fingerprint density at radius 1 is 0.733 bits per heavy atom. The molecule has 4 aliphatic rings. The molecule has 0 aromatic heterocycles. The maximum Gasteiger partial charge on any atom is 0.306 e. The number of hydrogen-bond donors (Lipinski definition) is 4. The normalized spacial score (nSPS) is 23.2. The predicted octanol–water partition coefficient (Wildman–Crippen LogP) is 6.91. The standard InChI is InChI=1S/C43H55N3O11S3/c1-6-7-22-45-36-16-14-32(59(52,53)54)27-34(36)42(2,3)38(45)18-12-29-10-8-11-30(40(29)44-24-20-31(21-25-44)41(47)48)13-19-39-43(4,5)35-28-33(60(55,56)57)15-17-37(35)46(39)23-9-26-58(49,50)51/h12-19,27-28,31H,6-11,20-26H2,1-5H3,(H3-,47,48,49,50,51,52,53,54,55,56,57)/p+1. The molecule has 0 radical (unpaired) electrons. The number of carboxylic acids is 1. The molecule has 0 unspecified atom stereocenters. The Morgan fingerprint density at radius 2 is 1.18 bits per heavy atom. The average Bonchev–Trinajstić information content (AvgIpc) is 3.51. The zero-order chi connectivity index (χ0) is 44.0. The van der Waals surface area contributed by atoms with E-state index in [0.717, 1.165) is 65.2 Å². The zero-order valence-corrected chi connectivity index (χ0v) is 37.2. The molecular formula is C43H56N3O11S3+. The Hall–Kier alpha value is -4.13. The first-order valence-electron chi connectivity index (χ1n) is 20.4. The summed E-state index contributed by atoms with van der Waals surface area (Å²) in [5, 5.41) is 9.82. The number of benzene rings is 2. The lowest BCUT2D eigenvalue weighted by Crippen LogP contribution is -2.36. The first-order valence-corrected chi connectivity index (χ1v) is 24.9. The molecule has 6 rings (SSSR count). The molecule has 2 fully saturated rings. The van der Waals surface area contributed by atoms with Crippen molar-refractivity contribution in [3.05, 3.63) is 94.4 Å². The van der Waals surface area contributed by atoms with Gasteiger partial charge in [0.1, 0.15) is 13.1 Å². The molecule has 17 heteroatoms. The van der Waals surface area contributed by atoms with Crippen molar-refractivity contribution in [3.63, 3.8) is 0 Å². The molecule has 2 aromatic carbocycles. The minimum absolute atomic E-state index is 0.0897. The third-order valence-corrected chi connectivity index (χ3v) is 14.9. The third-order valence-electron chi connectivity index (χ3n) is 12.4. The molecule has 1 saturated carbocycles. The number of rotatable bonds is 12. The van der Waals surface area contributed by atoms with Crippen molar-refractivity contribution < 1.29 is 53.4 Å². The maximum atomic E-state index is 12.2. The van der Waals surface area contributed by atoms with Crippen LogP contribution < -0.4 is 9.80 Å². The number of carboxylic acid groups (broad SMARTS) is 1. The van der Waals surface area contributed by atoms with Gasteiger partial charge in [-0.3, -0.25) is 18.5 Å². The molecule has 3 aliphatic heterocycles. The highest BCUT2D eigenvalue weighted by Crippen LogP contribution is 2.50. The summed E-state index contributed by atoms with van der Waals surface area (Å²) >= 11 is 0. The molecule has 1 aliphatic carbocycles. The smallest absolute Gasteiger partial charge is 0.306 e. The number of piperidine rings is 1. The number of hydrogen-bond acceptors (Lipinski definition) is 9. The molecule has 326 valence electrons. The van der Waals surface area contributed by atoms with Crippen molar-refractivity contribution in [2.45, 2.75) is 107 Å². The lowest BCUT2D eigenvalue weighted by atomic mass is 9.82. The average molecular weight is 887 g/mol. The summed E-state index contributed by atoms with van der Waals surface area (Å²) in [4.78, 5) is 15.7. The molecule has 14 nitrogen and oxygen atoms in total. The van der Waals surface area contributed by atoms with E-state index in [1.54, 1.807) is 18.2 Å². The molecule has 1 saturated heterocycles. The van der Waals surface area contributed by atoms with Crippen molar-refractivity contribution in [1.29, 1.82) is 0 Å². The van der Waals surface area contributed by atoms with Crippen molar-refractivity contribution in [3.8, 4) is 0 Å². The monoisotopic (exact) mass is 886 g/mol. The molecule has 60 heavy (non-hydrogen) atoms. The summed E-state index contributed by atoms with van der Waals surface area (Å²) in [5.41, 5.74) is 6.36. The molecule has 0 amide bonds. The Labute approximate surface area is 353 Å². The molecular weight excluding hydrogens is 831 g/mol. The van der Waals surface area contributed by atoms with Crippen LogP contribution in [-0.4, -0.2) is 92.2 Å². The van der Waals surface area contributed by atoms with Gasteiger partial charge in [-0.25, -0.2) is 4.58 Å². The first kappa shape index (κ1) is 45.4. The van der Waals surface area contributed by atoms with Crippen LogP contribution in [0.5, 0.6) is 0 Å². The quantitative estimate of drug-likeness (QED) is 0.126. The highest BCUT2D eigenvalue weighted by molar-refractivity contribution is 7.86. The van der Waals surface area contributed by atoms with Crippen molar-refractivity contribution >= 4 is 53.4 Å². The van der Waals surface area contributed by atoms with Gasteiger partial charge in [-0.05, 0) is 91.8 Å². The van der Waals surface area contributed by atoms with Crippen LogP contribution in [-0.2, 0) is 46.0 Å². The summed E-state index contributed by atoms with van der Waals surface area (Å²) in [7, 11) is -13.2. The molecule has 4 N–H and O–H groups in total. The van der Waals surface area contributed by atoms with E-state index in [4.69, 9.17) is 0 Å². The molecule has 3 heterocycles. The van der Waals surface area contributed by atoms with Gasteiger partial charge < -0.3 is 14.9 Å². The highest BCUT2D eigenvalue weighted by atomic mass is 32.2. The van der Waals surface area contributed by atoms with Crippen molar-refractivity contribution in [1.82, 2.24) is 0 Å². The predicted molar refractivity (Wildman–Crippen MR) is 231 cm³/mol. The Morgan fingerprint density at radius 3 is 1.58 bits per heavy atom. The van der Waals surface area contributed by atoms with E-state index in [2.05, 4.69) is 28.6 Å². The van der Waals surface area contributed by atoms with Crippen LogP contribution in [0.3, 0.4) is 0 Å². The Kier molecular flexibility index (Phi) is 12.8. The van der Waals surface area contributed by atoms with Crippen LogP contribution in [0.2, 0.25) is 0 Å². The van der Waals surface area contributed by atoms with E-state index in [1.165, 1.54) is 18.2 Å². The number of carbonyl (C=O) groups is 1. The molecule has 0 bridgehead atoms. The van der Waals surface area contributed by atoms with Gasteiger partial charge in [0.05, 0.1) is 21.5 Å². The van der Waals surface area contributed by atoms with E-state index < -0.39 is 58.8 Å². The highest BCUT2D eigenvalue weighted by Gasteiger charge is 2.42. The minimum Gasteiger partial charge on any atom is -0.481 e. The van der Waals surface area contributed by atoms with E-state index in [0.29, 0.717) is 50.1 Å². The van der Waals surface area contributed by atoms with Gasteiger partial charge in [0.15, 0.2) is 0 Å². The van der Waals surface area contributed by atoms with Gasteiger partial charge in [-0.1, -0.05) is 53.2 Å². The minimum atomic E-state index is -4.52. The summed E-state index contributed by atoms with van der Waals surface area (Å²) in [6.45, 7) is 12.0. The van der Waals surface area contributed by atoms with Crippen LogP contribution >= 0.6 is 0 Å². The number of fused-ring (bicyclic) bond motifs is 2. The SMILES string of the molecule is CCCCN1/C(=C/C=C2\CCC/C(=C\C=C3/N(CCCS(=O)(=O)O)c4ccc(S(=O)(=O)O)cc4C3(C)C)C2=[N+]2CCC(C(=O)O)CC2)C(C)(C)c2cc(S(=O)(=O)O)ccc21. The number of allylic oxidation sites excluding steroid dienone is 8. The van der Waals surface area contributed by atoms with E-state index >= 15 is 0 Å². The summed E-state index contributed by atoms with van der Waals surface area (Å²) in [6, 6.07) is 9.07. The van der Waals surface area contributed by atoms with Crippen LogP contribution in [0.1, 0.15) is 97.1 Å². The Balaban J connectivity index is 1.47. The fraction of sp³-hybridized carbons (Fsp3) is 0.488. The lowest BCUT2D eigenvalue weighted by Gasteiger charge is -2.28. The van der Waals surface area contributed by atoms with Crippen LogP contribution in [0.15, 0.2) is 93.0 Å².